The molecule has 1 aromatic carbocycles. The number of benzene rings is 1. The number of para-hydroxylation sites is 1. The van der Waals surface area contributed by atoms with Crippen LogP contribution in [-0.4, -0.2) is 34.5 Å². The number of aliphatic carboxylic acids is 1. The summed E-state index contributed by atoms with van der Waals surface area (Å²) in [6, 6.07) is 6.50. The SMILES string of the molecule is N[C@H](CSCC(=O)Nc1ccccc1I)C(=O)O. The minimum Gasteiger partial charge on any atom is -0.480 e. The maximum atomic E-state index is 11.6. The number of nitrogens with two attached hydrogens (primary N) is 1. The molecular formula is C11H13IN2O3S. The van der Waals surface area contributed by atoms with Gasteiger partial charge in [-0.25, -0.2) is 0 Å². The van der Waals surface area contributed by atoms with Crippen LogP contribution in [0, 0.1) is 3.57 Å². The molecule has 98 valence electrons. The van der Waals surface area contributed by atoms with Crippen LogP contribution >= 0.6 is 34.4 Å². The third kappa shape index (κ3) is 5.23. The Kier molecular flexibility index (Phi) is 6.44. The van der Waals surface area contributed by atoms with Gasteiger partial charge >= 0.3 is 5.97 Å². The third-order valence-electron chi connectivity index (χ3n) is 2.00. The number of nitrogens with one attached hydrogen (secondary N) is 1. The van der Waals surface area contributed by atoms with E-state index >= 15 is 0 Å². The highest BCUT2D eigenvalue weighted by Gasteiger charge is 2.12. The third-order valence-corrected chi connectivity index (χ3v) is 4.00. The van der Waals surface area contributed by atoms with E-state index in [1.807, 2.05) is 24.3 Å². The van der Waals surface area contributed by atoms with E-state index in [0.29, 0.717) is 0 Å². The normalized spacial score (nSPS) is 11.9. The van der Waals surface area contributed by atoms with Crippen molar-refractivity contribution in [3.05, 3.63) is 27.8 Å². The quantitative estimate of drug-likeness (QED) is 0.649. The smallest absolute Gasteiger partial charge is 0.321 e. The van der Waals surface area contributed by atoms with Crippen molar-refractivity contribution in [3.63, 3.8) is 0 Å². The summed E-state index contributed by atoms with van der Waals surface area (Å²) in [5, 5.41) is 11.3. The molecule has 0 bridgehead atoms. The lowest BCUT2D eigenvalue weighted by atomic mass is 10.3. The Morgan fingerprint density at radius 1 is 1.44 bits per heavy atom. The Hall–Kier alpha value is -0.800. The maximum Gasteiger partial charge on any atom is 0.321 e. The minimum atomic E-state index is -1.06. The van der Waals surface area contributed by atoms with Crippen molar-refractivity contribution in [2.45, 2.75) is 6.04 Å². The Morgan fingerprint density at radius 2 is 2.11 bits per heavy atom. The second-order valence-electron chi connectivity index (χ2n) is 3.49. The van der Waals surface area contributed by atoms with E-state index in [0.717, 1.165) is 9.26 Å². The lowest BCUT2D eigenvalue weighted by Gasteiger charge is -2.08. The molecule has 0 fully saturated rings. The highest BCUT2D eigenvalue weighted by molar-refractivity contribution is 14.1. The van der Waals surface area contributed by atoms with Gasteiger partial charge in [-0.2, -0.15) is 0 Å². The van der Waals surface area contributed by atoms with Crippen LogP contribution in [0.15, 0.2) is 24.3 Å². The predicted octanol–water partition coefficient (Wildman–Crippen LogP) is 1.37. The largest absolute Gasteiger partial charge is 0.480 e. The summed E-state index contributed by atoms with van der Waals surface area (Å²) in [5.41, 5.74) is 6.08. The Labute approximate surface area is 123 Å². The molecule has 4 N–H and O–H groups in total. The van der Waals surface area contributed by atoms with Gasteiger partial charge in [0.2, 0.25) is 5.91 Å². The minimum absolute atomic E-state index is 0.165. The number of hydrogen-bond donors (Lipinski definition) is 3. The van der Waals surface area contributed by atoms with Crippen molar-refractivity contribution in [1.29, 1.82) is 0 Å². The van der Waals surface area contributed by atoms with Gasteiger partial charge in [0.25, 0.3) is 0 Å². The van der Waals surface area contributed by atoms with Crippen molar-refractivity contribution in [1.82, 2.24) is 0 Å². The first-order valence-electron chi connectivity index (χ1n) is 5.11. The fourth-order valence-corrected chi connectivity index (χ4v) is 2.39. The predicted molar refractivity (Wildman–Crippen MR) is 80.7 cm³/mol. The van der Waals surface area contributed by atoms with Gasteiger partial charge in [-0.05, 0) is 34.7 Å². The molecule has 0 saturated heterocycles. The zero-order chi connectivity index (χ0) is 13.5. The molecule has 18 heavy (non-hydrogen) atoms. The summed E-state index contributed by atoms with van der Waals surface area (Å²) in [4.78, 5) is 22.1. The van der Waals surface area contributed by atoms with E-state index in [4.69, 9.17) is 10.8 Å². The van der Waals surface area contributed by atoms with Crippen LogP contribution in [0.4, 0.5) is 5.69 Å². The molecular weight excluding hydrogens is 367 g/mol. The van der Waals surface area contributed by atoms with Crippen LogP contribution in [0.2, 0.25) is 0 Å². The molecule has 1 rings (SSSR count). The first-order valence-corrected chi connectivity index (χ1v) is 7.34. The van der Waals surface area contributed by atoms with Crippen molar-refractivity contribution < 1.29 is 14.7 Å². The first-order chi connectivity index (χ1) is 8.50. The molecule has 0 heterocycles. The standard InChI is InChI=1S/C11H13IN2O3S/c12-7-3-1-2-4-9(7)14-10(15)6-18-5-8(13)11(16)17/h1-4,8H,5-6,13H2,(H,14,15)(H,16,17)/t8-/m1/s1. The van der Waals surface area contributed by atoms with E-state index < -0.39 is 12.0 Å². The van der Waals surface area contributed by atoms with Crippen molar-refractivity contribution in [2.75, 3.05) is 16.8 Å². The maximum absolute atomic E-state index is 11.6. The van der Waals surface area contributed by atoms with E-state index in [1.54, 1.807) is 0 Å². The average Bonchev–Trinajstić information content (AvgIpc) is 2.32. The van der Waals surface area contributed by atoms with Crippen LogP contribution in [0.3, 0.4) is 0 Å². The lowest BCUT2D eigenvalue weighted by Crippen LogP contribution is -2.33. The lowest BCUT2D eigenvalue weighted by molar-refractivity contribution is -0.137. The topological polar surface area (TPSA) is 92.4 Å². The van der Waals surface area contributed by atoms with Crippen molar-refractivity contribution >= 4 is 51.9 Å². The number of carboxylic acids is 1. The van der Waals surface area contributed by atoms with Gasteiger partial charge < -0.3 is 16.2 Å². The molecule has 0 aromatic heterocycles. The van der Waals surface area contributed by atoms with Crippen molar-refractivity contribution in [2.24, 2.45) is 5.73 Å². The fraction of sp³-hybridized carbons (Fsp3) is 0.273. The van der Waals surface area contributed by atoms with Crippen LogP contribution < -0.4 is 11.1 Å². The second-order valence-corrected chi connectivity index (χ2v) is 5.68. The monoisotopic (exact) mass is 380 g/mol. The van der Waals surface area contributed by atoms with Crippen LogP contribution in [0.25, 0.3) is 0 Å². The summed E-state index contributed by atoms with van der Waals surface area (Å²) in [6.45, 7) is 0. The molecule has 0 aliphatic carbocycles. The molecule has 0 radical (unpaired) electrons. The molecule has 7 heteroatoms. The second kappa shape index (κ2) is 7.59. The van der Waals surface area contributed by atoms with E-state index in [2.05, 4.69) is 27.9 Å². The van der Waals surface area contributed by atoms with E-state index in [9.17, 15) is 9.59 Å². The van der Waals surface area contributed by atoms with Gasteiger partial charge in [0, 0.05) is 9.32 Å². The first kappa shape index (κ1) is 15.3. The average molecular weight is 380 g/mol. The molecule has 0 saturated carbocycles. The Morgan fingerprint density at radius 3 is 2.72 bits per heavy atom. The fourth-order valence-electron chi connectivity index (χ4n) is 1.10. The van der Waals surface area contributed by atoms with E-state index in [1.165, 1.54) is 11.8 Å². The molecule has 0 aliphatic rings. The number of carbonyl (C=O) groups is 2. The summed E-state index contributed by atoms with van der Waals surface area (Å²) in [6.07, 6.45) is 0. The number of rotatable bonds is 6. The van der Waals surface area contributed by atoms with Gasteiger partial charge in [-0.1, -0.05) is 12.1 Å². The van der Waals surface area contributed by atoms with Gasteiger partial charge in [-0.15, -0.1) is 11.8 Å². The number of thioether (sulfide) groups is 1. The number of carboxylic acid groups (broad SMARTS) is 1. The van der Waals surface area contributed by atoms with Crippen LogP contribution in [0.1, 0.15) is 0 Å². The molecule has 1 amide bonds. The van der Waals surface area contributed by atoms with Crippen molar-refractivity contribution in [3.8, 4) is 0 Å². The van der Waals surface area contributed by atoms with Gasteiger partial charge in [-0.3, -0.25) is 9.59 Å². The zero-order valence-corrected chi connectivity index (χ0v) is 12.4. The van der Waals surface area contributed by atoms with Gasteiger partial charge in [0.15, 0.2) is 0 Å². The molecule has 1 aromatic rings. The number of carbonyl (C=O) groups excluding carboxylic acids is 1. The highest BCUT2D eigenvalue weighted by Crippen LogP contribution is 2.17. The summed E-state index contributed by atoms with van der Waals surface area (Å²) in [7, 11) is 0. The molecule has 0 spiro atoms. The highest BCUT2D eigenvalue weighted by atomic mass is 127. The van der Waals surface area contributed by atoms with E-state index in [-0.39, 0.29) is 17.4 Å². The van der Waals surface area contributed by atoms with Crippen LogP contribution in [0.5, 0.6) is 0 Å². The van der Waals surface area contributed by atoms with Gasteiger partial charge in [0.1, 0.15) is 6.04 Å². The molecule has 1 atom stereocenters. The Balaban J connectivity index is 2.35. The summed E-state index contributed by atoms with van der Waals surface area (Å²) in [5.74, 6) is -0.817. The van der Waals surface area contributed by atoms with Crippen LogP contribution in [-0.2, 0) is 9.59 Å². The number of anilines is 1. The zero-order valence-electron chi connectivity index (χ0n) is 9.43. The Bertz CT molecular complexity index is 442. The molecule has 0 unspecified atom stereocenters. The molecule has 0 aliphatic heterocycles. The number of hydrogen-bond acceptors (Lipinski definition) is 4. The summed E-state index contributed by atoms with van der Waals surface area (Å²) >= 11 is 3.33. The number of amides is 1. The summed E-state index contributed by atoms with van der Waals surface area (Å²) < 4.78 is 0.954. The number of halogens is 1. The van der Waals surface area contributed by atoms with Gasteiger partial charge in [0.05, 0.1) is 11.4 Å². The molecule has 5 nitrogen and oxygen atoms in total.